The number of nitrogens with two attached hydrogens (primary N) is 1. The lowest BCUT2D eigenvalue weighted by molar-refractivity contribution is 0.0909. The Labute approximate surface area is 189 Å². The molecule has 1 unspecified atom stereocenters. The van der Waals surface area contributed by atoms with Gasteiger partial charge in [-0.1, -0.05) is 81.4 Å². The van der Waals surface area contributed by atoms with Crippen molar-refractivity contribution in [2.24, 2.45) is 17.1 Å². The van der Waals surface area contributed by atoms with Crippen molar-refractivity contribution in [1.82, 2.24) is 4.98 Å². The van der Waals surface area contributed by atoms with Crippen molar-refractivity contribution in [2.75, 3.05) is 11.4 Å². The number of rotatable bonds is 6. The minimum atomic E-state index is -1.95. The SMILES string of the molecule is CC(C)(C)[C@@H]1CCN(c2nc(C(N)=O)cs2)C1O[SiH](c1ccccc1)c1ccccc1. The molecule has 3 aromatic rings. The van der Waals surface area contributed by atoms with Gasteiger partial charge < -0.3 is 15.1 Å². The van der Waals surface area contributed by atoms with Crippen molar-refractivity contribution in [3.05, 3.63) is 71.7 Å². The number of primary amides is 1. The molecule has 7 heteroatoms. The first-order valence-electron chi connectivity index (χ1n) is 10.6. The number of thiazole rings is 1. The maximum atomic E-state index is 11.6. The average Bonchev–Trinajstić information content (AvgIpc) is 3.40. The van der Waals surface area contributed by atoms with Crippen LogP contribution in [0.1, 0.15) is 37.7 Å². The smallest absolute Gasteiger partial charge is 0.268 e. The van der Waals surface area contributed by atoms with Gasteiger partial charge in [0.2, 0.25) is 9.04 Å². The van der Waals surface area contributed by atoms with Crippen LogP contribution in [-0.4, -0.2) is 32.7 Å². The van der Waals surface area contributed by atoms with E-state index in [1.807, 2.05) is 12.1 Å². The van der Waals surface area contributed by atoms with Gasteiger partial charge in [0.05, 0.1) is 0 Å². The highest BCUT2D eigenvalue weighted by Gasteiger charge is 2.44. The van der Waals surface area contributed by atoms with Crippen molar-refractivity contribution >= 4 is 41.8 Å². The van der Waals surface area contributed by atoms with E-state index >= 15 is 0 Å². The van der Waals surface area contributed by atoms with Crippen molar-refractivity contribution in [2.45, 2.75) is 33.4 Å². The van der Waals surface area contributed by atoms with Crippen LogP contribution in [0.4, 0.5) is 5.13 Å². The van der Waals surface area contributed by atoms with Gasteiger partial charge in [0.15, 0.2) is 5.13 Å². The largest absolute Gasteiger partial charge is 0.391 e. The van der Waals surface area contributed by atoms with Gasteiger partial charge in [0.1, 0.15) is 11.9 Å². The van der Waals surface area contributed by atoms with Crippen molar-refractivity contribution in [3.8, 4) is 0 Å². The first-order valence-corrected chi connectivity index (χ1v) is 13.1. The summed E-state index contributed by atoms with van der Waals surface area (Å²) >= 11 is 1.46. The molecule has 1 amide bonds. The summed E-state index contributed by atoms with van der Waals surface area (Å²) < 4.78 is 7.07. The quantitative estimate of drug-likeness (QED) is 0.585. The van der Waals surface area contributed by atoms with Crippen LogP contribution in [0.3, 0.4) is 0 Å². The van der Waals surface area contributed by atoms with Crippen LogP contribution in [0.2, 0.25) is 0 Å². The summed E-state index contributed by atoms with van der Waals surface area (Å²) in [6.07, 6.45) is 0.911. The van der Waals surface area contributed by atoms with E-state index in [2.05, 4.69) is 79.2 Å². The van der Waals surface area contributed by atoms with Crippen LogP contribution >= 0.6 is 11.3 Å². The lowest BCUT2D eigenvalue weighted by Gasteiger charge is -2.37. The van der Waals surface area contributed by atoms with Crippen molar-refractivity contribution in [1.29, 1.82) is 0 Å². The molecule has 1 saturated heterocycles. The van der Waals surface area contributed by atoms with Crippen LogP contribution in [0.25, 0.3) is 0 Å². The van der Waals surface area contributed by atoms with E-state index in [4.69, 9.17) is 10.2 Å². The molecule has 2 heterocycles. The summed E-state index contributed by atoms with van der Waals surface area (Å²) in [7, 11) is -1.95. The normalized spacial score (nSPS) is 19.2. The zero-order valence-corrected chi connectivity index (χ0v) is 20.2. The van der Waals surface area contributed by atoms with E-state index in [0.717, 1.165) is 18.1 Å². The fourth-order valence-electron chi connectivity index (χ4n) is 4.25. The highest BCUT2D eigenvalue weighted by Crippen LogP contribution is 2.42. The summed E-state index contributed by atoms with van der Waals surface area (Å²) in [6.45, 7) is 7.67. The first-order chi connectivity index (χ1) is 14.8. The molecule has 162 valence electrons. The Kier molecular flexibility index (Phi) is 6.27. The Morgan fingerprint density at radius 3 is 2.16 bits per heavy atom. The number of amides is 1. The standard InChI is InChI=1S/C24H29N3O2SSi/c1-24(2,3)19-14-15-27(23-26-20(16-30-23)21(25)28)22(19)29-31(17-10-6-4-7-11-17)18-12-8-5-9-13-18/h4-13,16,19,22,31H,14-15H2,1-3H3,(H2,25,28)/t19-,22?/m1/s1. The zero-order valence-electron chi connectivity index (χ0n) is 18.2. The number of carbonyl (C=O) groups excluding carboxylic acids is 1. The monoisotopic (exact) mass is 451 g/mol. The van der Waals surface area contributed by atoms with E-state index in [9.17, 15) is 4.79 Å². The van der Waals surface area contributed by atoms with Crippen LogP contribution in [0.5, 0.6) is 0 Å². The molecule has 1 aliphatic heterocycles. The third-order valence-corrected chi connectivity index (χ3v) is 9.32. The van der Waals surface area contributed by atoms with E-state index < -0.39 is 14.9 Å². The van der Waals surface area contributed by atoms with Crippen molar-refractivity contribution < 1.29 is 9.22 Å². The number of hydrogen-bond acceptors (Lipinski definition) is 5. The number of benzene rings is 2. The molecular formula is C24H29N3O2SSi. The number of carbonyl (C=O) groups is 1. The summed E-state index contributed by atoms with van der Waals surface area (Å²) in [4.78, 5) is 18.4. The Morgan fingerprint density at radius 2 is 1.68 bits per heavy atom. The topological polar surface area (TPSA) is 68.5 Å². The fraction of sp³-hybridized carbons (Fsp3) is 0.333. The molecule has 5 nitrogen and oxygen atoms in total. The molecule has 0 radical (unpaired) electrons. The maximum Gasteiger partial charge on any atom is 0.268 e. The van der Waals surface area contributed by atoms with Gasteiger partial charge in [-0.05, 0) is 22.2 Å². The van der Waals surface area contributed by atoms with Crippen molar-refractivity contribution in [3.63, 3.8) is 0 Å². The van der Waals surface area contributed by atoms with Crippen LogP contribution < -0.4 is 21.0 Å². The molecule has 2 aromatic carbocycles. The molecule has 0 spiro atoms. The lowest BCUT2D eigenvalue weighted by Crippen LogP contribution is -2.52. The van der Waals surface area contributed by atoms with Crippen LogP contribution in [0, 0.1) is 11.3 Å². The molecule has 1 aromatic heterocycles. The summed E-state index contributed by atoms with van der Waals surface area (Å²) in [5.41, 5.74) is 5.85. The third kappa shape index (κ3) is 4.73. The molecule has 0 bridgehead atoms. The van der Waals surface area contributed by atoms with Crippen LogP contribution in [0.15, 0.2) is 66.0 Å². The Morgan fingerprint density at radius 1 is 1.10 bits per heavy atom. The van der Waals surface area contributed by atoms with Crippen LogP contribution in [-0.2, 0) is 4.43 Å². The molecule has 0 aliphatic carbocycles. The second kappa shape index (κ2) is 8.94. The van der Waals surface area contributed by atoms with Gasteiger partial charge in [-0.25, -0.2) is 4.98 Å². The second-order valence-corrected chi connectivity index (χ2v) is 12.3. The molecule has 2 N–H and O–H groups in total. The van der Waals surface area contributed by atoms with Gasteiger partial charge >= 0.3 is 0 Å². The Balaban J connectivity index is 1.72. The second-order valence-electron chi connectivity index (χ2n) is 9.06. The number of anilines is 1. The number of aromatic nitrogens is 1. The predicted molar refractivity (Wildman–Crippen MR) is 130 cm³/mol. The van der Waals surface area contributed by atoms with E-state index in [1.54, 1.807) is 5.38 Å². The van der Waals surface area contributed by atoms with E-state index in [1.165, 1.54) is 21.7 Å². The molecule has 1 aliphatic rings. The van der Waals surface area contributed by atoms with Gasteiger partial charge in [-0.15, -0.1) is 11.3 Å². The highest BCUT2D eigenvalue weighted by molar-refractivity contribution is 7.14. The predicted octanol–water partition coefficient (Wildman–Crippen LogP) is 3.00. The lowest BCUT2D eigenvalue weighted by atomic mass is 9.79. The summed E-state index contributed by atoms with van der Waals surface area (Å²) in [5, 5.41) is 5.05. The fourth-order valence-corrected chi connectivity index (χ4v) is 7.58. The molecule has 0 saturated carbocycles. The van der Waals surface area contributed by atoms with Gasteiger partial charge in [0.25, 0.3) is 5.91 Å². The molecule has 1 fully saturated rings. The Bertz CT molecular complexity index is 981. The average molecular weight is 452 g/mol. The highest BCUT2D eigenvalue weighted by atomic mass is 32.1. The van der Waals surface area contributed by atoms with E-state index in [0.29, 0.717) is 11.6 Å². The maximum absolute atomic E-state index is 11.6. The van der Waals surface area contributed by atoms with Gasteiger partial charge in [-0.3, -0.25) is 4.79 Å². The molecule has 4 rings (SSSR count). The summed E-state index contributed by atoms with van der Waals surface area (Å²) in [5.74, 6) is -0.150. The molecular weight excluding hydrogens is 422 g/mol. The Hall–Kier alpha value is -2.48. The molecule has 31 heavy (non-hydrogen) atoms. The van der Waals surface area contributed by atoms with Gasteiger partial charge in [0, 0.05) is 17.8 Å². The first kappa shape index (κ1) is 21.7. The number of nitrogens with zero attached hydrogens (tertiary/aromatic N) is 2. The minimum absolute atomic E-state index is 0.0789. The zero-order chi connectivity index (χ0) is 22.0. The third-order valence-electron chi connectivity index (χ3n) is 5.92. The molecule has 2 atom stereocenters. The summed E-state index contributed by atoms with van der Waals surface area (Å²) in [6, 6.07) is 21.1. The van der Waals surface area contributed by atoms with Gasteiger partial charge in [-0.2, -0.15) is 0 Å². The minimum Gasteiger partial charge on any atom is -0.391 e. The van der Waals surface area contributed by atoms with E-state index in [-0.39, 0.29) is 11.6 Å². The number of hydrogen-bond donors (Lipinski definition) is 1.